The molecule has 0 saturated carbocycles. The van der Waals surface area contributed by atoms with E-state index in [0.29, 0.717) is 8.81 Å². The Labute approximate surface area is 129 Å². The standard InChI is InChI=1S/C9H13BrClN3O3S2/c1-2-14(4-3-7(12)13-15)19(16,17)8-5-6(11)9(10)18-8/h5,15H,2-4H2,1H3,(H2,12,13). The zero-order valence-electron chi connectivity index (χ0n) is 10.0. The highest BCUT2D eigenvalue weighted by Crippen LogP contribution is 2.35. The van der Waals surface area contributed by atoms with E-state index in [9.17, 15) is 8.42 Å². The molecule has 6 nitrogen and oxygen atoms in total. The van der Waals surface area contributed by atoms with Crippen molar-refractivity contribution in [2.24, 2.45) is 10.9 Å². The van der Waals surface area contributed by atoms with Gasteiger partial charge < -0.3 is 10.9 Å². The maximum absolute atomic E-state index is 12.3. The third-order valence-corrected chi connectivity index (χ3v) is 7.21. The van der Waals surface area contributed by atoms with Gasteiger partial charge >= 0.3 is 0 Å². The number of nitrogens with zero attached hydrogens (tertiary/aromatic N) is 2. The minimum atomic E-state index is -3.61. The van der Waals surface area contributed by atoms with E-state index in [-0.39, 0.29) is 29.6 Å². The fraction of sp³-hybridized carbons (Fsp3) is 0.444. The summed E-state index contributed by atoms with van der Waals surface area (Å²) in [6.45, 7) is 2.14. The van der Waals surface area contributed by atoms with E-state index >= 15 is 0 Å². The van der Waals surface area contributed by atoms with E-state index in [0.717, 1.165) is 11.3 Å². The molecule has 0 amide bonds. The SMILES string of the molecule is CCN(CCC(N)=NO)S(=O)(=O)c1cc(Cl)c(Br)s1. The van der Waals surface area contributed by atoms with Crippen LogP contribution in [0.1, 0.15) is 13.3 Å². The summed E-state index contributed by atoms with van der Waals surface area (Å²) in [5.41, 5.74) is 5.34. The number of sulfonamides is 1. The lowest BCUT2D eigenvalue weighted by Gasteiger charge is -2.18. The quantitative estimate of drug-likeness (QED) is 0.337. The van der Waals surface area contributed by atoms with E-state index in [2.05, 4.69) is 21.1 Å². The minimum Gasteiger partial charge on any atom is -0.409 e. The van der Waals surface area contributed by atoms with Gasteiger partial charge in [0, 0.05) is 19.5 Å². The Balaban J connectivity index is 2.96. The lowest BCUT2D eigenvalue weighted by Crippen LogP contribution is -2.33. The predicted octanol–water partition coefficient (Wildman–Crippen LogP) is 2.31. The number of hydrogen-bond donors (Lipinski definition) is 2. The van der Waals surface area contributed by atoms with Crippen LogP contribution < -0.4 is 5.73 Å². The van der Waals surface area contributed by atoms with Crippen molar-refractivity contribution in [1.82, 2.24) is 4.31 Å². The molecule has 0 aliphatic carbocycles. The average Bonchev–Trinajstić information content (AvgIpc) is 2.70. The normalized spacial score (nSPS) is 13.2. The van der Waals surface area contributed by atoms with Crippen LogP contribution in [0.3, 0.4) is 0 Å². The molecule has 19 heavy (non-hydrogen) atoms. The fourth-order valence-electron chi connectivity index (χ4n) is 1.32. The summed E-state index contributed by atoms with van der Waals surface area (Å²) in [4.78, 5) is 0. The monoisotopic (exact) mass is 389 g/mol. The molecule has 1 aromatic heterocycles. The zero-order chi connectivity index (χ0) is 14.6. The second-order valence-corrected chi connectivity index (χ2v) is 8.47. The highest BCUT2D eigenvalue weighted by Gasteiger charge is 2.26. The first-order valence-corrected chi connectivity index (χ1v) is 8.67. The summed E-state index contributed by atoms with van der Waals surface area (Å²) in [5.74, 6) is -0.0148. The highest BCUT2D eigenvalue weighted by atomic mass is 79.9. The Morgan fingerprint density at radius 2 is 2.32 bits per heavy atom. The van der Waals surface area contributed by atoms with Crippen LogP contribution in [-0.4, -0.2) is 36.9 Å². The van der Waals surface area contributed by atoms with Gasteiger partial charge in [-0.1, -0.05) is 23.7 Å². The van der Waals surface area contributed by atoms with Gasteiger partial charge in [-0.3, -0.25) is 0 Å². The molecule has 108 valence electrons. The van der Waals surface area contributed by atoms with E-state index < -0.39 is 10.0 Å². The van der Waals surface area contributed by atoms with E-state index in [1.165, 1.54) is 10.4 Å². The van der Waals surface area contributed by atoms with Crippen molar-refractivity contribution in [3.63, 3.8) is 0 Å². The largest absolute Gasteiger partial charge is 0.409 e. The Kier molecular flexibility index (Phi) is 6.06. The van der Waals surface area contributed by atoms with Gasteiger partial charge in [0.1, 0.15) is 10.0 Å². The number of nitrogens with two attached hydrogens (primary N) is 1. The molecule has 0 radical (unpaired) electrons. The molecule has 1 aromatic rings. The van der Waals surface area contributed by atoms with Crippen LogP contribution in [0.25, 0.3) is 0 Å². The predicted molar refractivity (Wildman–Crippen MR) is 79.5 cm³/mol. The van der Waals surface area contributed by atoms with Gasteiger partial charge in [-0.05, 0) is 22.0 Å². The van der Waals surface area contributed by atoms with Crippen molar-refractivity contribution in [2.75, 3.05) is 13.1 Å². The van der Waals surface area contributed by atoms with Crippen LogP contribution >= 0.6 is 38.9 Å². The molecular formula is C9H13BrClN3O3S2. The van der Waals surface area contributed by atoms with E-state index in [1.54, 1.807) is 6.92 Å². The molecule has 3 N–H and O–H groups in total. The Bertz CT molecular complexity index is 554. The molecule has 1 rings (SSSR count). The third kappa shape index (κ3) is 4.06. The molecule has 0 saturated heterocycles. The van der Waals surface area contributed by atoms with Gasteiger partial charge in [0.2, 0.25) is 0 Å². The smallest absolute Gasteiger partial charge is 0.252 e. The number of rotatable bonds is 6. The molecule has 0 bridgehead atoms. The minimum absolute atomic E-state index is 0.0148. The first-order chi connectivity index (χ1) is 8.82. The number of amidine groups is 1. The maximum Gasteiger partial charge on any atom is 0.252 e. The summed E-state index contributed by atoms with van der Waals surface area (Å²) in [5, 5.41) is 11.6. The van der Waals surface area contributed by atoms with Crippen molar-refractivity contribution in [2.45, 2.75) is 17.6 Å². The van der Waals surface area contributed by atoms with Crippen molar-refractivity contribution >= 4 is 54.7 Å². The number of halogens is 2. The summed E-state index contributed by atoms with van der Waals surface area (Å²) >= 11 is 10.1. The van der Waals surface area contributed by atoms with Crippen LogP contribution in [0.15, 0.2) is 19.2 Å². The van der Waals surface area contributed by atoms with Crippen molar-refractivity contribution in [3.05, 3.63) is 14.9 Å². The molecule has 0 spiro atoms. The summed E-state index contributed by atoms with van der Waals surface area (Å²) in [6.07, 6.45) is 0.157. The molecule has 0 unspecified atom stereocenters. The zero-order valence-corrected chi connectivity index (χ0v) is 14.0. The molecule has 0 aliphatic rings. The highest BCUT2D eigenvalue weighted by molar-refractivity contribution is 9.11. The number of hydrogen-bond acceptors (Lipinski definition) is 5. The molecule has 10 heteroatoms. The number of oxime groups is 1. The van der Waals surface area contributed by atoms with Crippen LogP contribution in [-0.2, 0) is 10.0 Å². The lowest BCUT2D eigenvalue weighted by atomic mass is 10.4. The summed E-state index contributed by atoms with van der Waals surface area (Å²) in [6, 6.07) is 1.40. The Morgan fingerprint density at radius 3 is 2.74 bits per heavy atom. The Morgan fingerprint density at radius 1 is 1.68 bits per heavy atom. The van der Waals surface area contributed by atoms with Crippen molar-refractivity contribution < 1.29 is 13.6 Å². The molecule has 0 fully saturated rings. The molecule has 0 aromatic carbocycles. The Hall–Kier alpha value is -0.350. The summed E-state index contributed by atoms with van der Waals surface area (Å²) in [7, 11) is -3.61. The third-order valence-electron chi connectivity index (χ3n) is 2.32. The van der Waals surface area contributed by atoms with E-state index in [4.69, 9.17) is 22.5 Å². The molecule has 0 atom stereocenters. The van der Waals surface area contributed by atoms with Crippen LogP contribution in [0.5, 0.6) is 0 Å². The maximum atomic E-state index is 12.3. The molecule has 0 aliphatic heterocycles. The second-order valence-electron chi connectivity index (χ2n) is 3.53. The van der Waals surface area contributed by atoms with Gasteiger partial charge in [0.25, 0.3) is 10.0 Å². The van der Waals surface area contributed by atoms with Crippen LogP contribution in [0.2, 0.25) is 5.02 Å². The first-order valence-electron chi connectivity index (χ1n) is 5.24. The van der Waals surface area contributed by atoms with Crippen LogP contribution in [0, 0.1) is 0 Å². The molecular weight excluding hydrogens is 378 g/mol. The van der Waals surface area contributed by atoms with E-state index in [1.807, 2.05) is 0 Å². The lowest BCUT2D eigenvalue weighted by molar-refractivity contribution is 0.315. The topological polar surface area (TPSA) is 96.0 Å². The van der Waals surface area contributed by atoms with Gasteiger partial charge in [0.15, 0.2) is 0 Å². The van der Waals surface area contributed by atoms with Gasteiger partial charge in [-0.2, -0.15) is 4.31 Å². The van der Waals surface area contributed by atoms with Gasteiger partial charge in [-0.15, -0.1) is 11.3 Å². The molecule has 1 heterocycles. The average molecular weight is 391 g/mol. The summed E-state index contributed by atoms with van der Waals surface area (Å²) < 4.78 is 26.7. The van der Waals surface area contributed by atoms with Gasteiger partial charge in [-0.25, -0.2) is 8.42 Å². The van der Waals surface area contributed by atoms with Crippen molar-refractivity contribution in [1.29, 1.82) is 0 Å². The second kappa shape index (κ2) is 6.89. The van der Waals surface area contributed by atoms with Crippen molar-refractivity contribution in [3.8, 4) is 0 Å². The van der Waals surface area contributed by atoms with Crippen LogP contribution in [0.4, 0.5) is 0 Å². The first kappa shape index (κ1) is 16.7. The fourth-order valence-corrected chi connectivity index (χ4v) is 5.32. The number of thiophene rings is 1. The van der Waals surface area contributed by atoms with Gasteiger partial charge in [0.05, 0.1) is 8.81 Å².